The number of benzene rings is 2. The third-order valence-electron chi connectivity index (χ3n) is 8.47. The number of aromatic amines is 1. The van der Waals surface area contributed by atoms with Crippen molar-refractivity contribution in [3.05, 3.63) is 91.7 Å². The molecular formula is C32H37N5O5S. The van der Waals surface area contributed by atoms with E-state index >= 15 is 0 Å². The highest BCUT2D eigenvalue weighted by Gasteiger charge is 2.41. The van der Waals surface area contributed by atoms with Gasteiger partial charge in [-0.2, -0.15) is 0 Å². The molecule has 43 heavy (non-hydrogen) atoms. The van der Waals surface area contributed by atoms with E-state index < -0.39 is 6.10 Å². The Morgan fingerprint density at radius 1 is 1.16 bits per heavy atom. The molecule has 4 N–H and O–H groups in total. The number of morpholine rings is 1. The molecule has 2 aliphatic rings. The van der Waals surface area contributed by atoms with Crippen LogP contribution in [-0.2, 0) is 17.8 Å². The second-order valence-electron chi connectivity index (χ2n) is 11.5. The lowest BCUT2D eigenvalue weighted by Crippen LogP contribution is -2.58. The van der Waals surface area contributed by atoms with Gasteiger partial charge in [-0.1, -0.05) is 30.3 Å². The van der Waals surface area contributed by atoms with Crippen molar-refractivity contribution in [2.24, 2.45) is 0 Å². The van der Waals surface area contributed by atoms with E-state index in [0.717, 1.165) is 43.0 Å². The molecule has 226 valence electrons. The Kier molecular flexibility index (Phi) is 8.60. The number of fused-ring (bicyclic) bond motifs is 1. The number of phenols is 1. The Balaban J connectivity index is 1.00. The van der Waals surface area contributed by atoms with Crippen LogP contribution in [0.2, 0.25) is 0 Å². The summed E-state index contributed by atoms with van der Waals surface area (Å²) in [5.74, 6) is -0.0254. The van der Waals surface area contributed by atoms with Crippen molar-refractivity contribution in [3.8, 4) is 5.75 Å². The van der Waals surface area contributed by atoms with Crippen molar-refractivity contribution in [3.63, 3.8) is 0 Å². The van der Waals surface area contributed by atoms with Gasteiger partial charge in [-0.3, -0.25) is 14.5 Å². The van der Waals surface area contributed by atoms with E-state index in [0.29, 0.717) is 54.9 Å². The summed E-state index contributed by atoms with van der Waals surface area (Å²) < 4.78 is 6.28. The van der Waals surface area contributed by atoms with Gasteiger partial charge in [-0.05, 0) is 48.6 Å². The number of hydrogen-bond acceptors (Lipinski definition) is 9. The standard InChI is InChI=1S/C32H37N5O5S/c1-21-34-26(19-43-21)31(41)37-13-14-42-32(20-37)9-11-36(12-10-32)18-23-4-2-3-22(15-23)16-33-17-28(39)24-5-7-27(38)30-25(24)6-8-29(40)35-30/h2-8,15,19,28,33,38-39H,9-14,16-18,20H2,1H3,(H,35,40)/t28-/m0/s1. The Morgan fingerprint density at radius 2 is 1.98 bits per heavy atom. The highest BCUT2D eigenvalue weighted by atomic mass is 32.1. The molecule has 0 radical (unpaired) electrons. The number of phenolic OH excluding ortho intramolecular Hbond substituents is 1. The number of aryl methyl sites for hydroxylation is 1. The maximum Gasteiger partial charge on any atom is 0.273 e. The van der Waals surface area contributed by atoms with Crippen molar-refractivity contribution in [2.45, 2.75) is 44.6 Å². The van der Waals surface area contributed by atoms with E-state index in [-0.39, 0.29) is 22.8 Å². The van der Waals surface area contributed by atoms with Crippen LogP contribution in [0.3, 0.4) is 0 Å². The van der Waals surface area contributed by atoms with Gasteiger partial charge >= 0.3 is 0 Å². The van der Waals surface area contributed by atoms with Gasteiger partial charge < -0.3 is 30.2 Å². The fourth-order valence-electron chi connectivity index (χ4n) is 6.17. The molecule has 2 aromatic heterocycles. The number of carbonyl (C=O) groups is 1. The van der Waals surface area contributed by atoms with Gasteiger partial charge in [0.15, 0.2) is 0 Å². The lowest BCUT2D eigenvalue weighted by Gasteiger charge is -2.47. The molecule has 4 heterocycles. The number of piperidine rings is 1. The van der Waals surface area contributed by atoms with E-state index in [1.54, 1.807) is 12.1 Å². The summed E-state index contributed by atoms with van der Waals surface area (Å²) in [5.41, 5.74) is 3.25. The zero-order chi connectivity index (χ0) is 30.0. The van der Waals surface area contributed by atoms with Gasteiger partial charge in [0.25, 0.3) is 5.91 Å². The minimum Gasteiger partial charge on any atom is -0.506 e. The number of nitrogens with one attached hydrogen (secondary N) is 2. The fraction of sp³-hybridized carbons (Fsp3) is 0.406. The van der Waals surface area contributed by atoms with Gasteiger partial charge in [0.2, 0.25) is 5.56 Å². The van der Waals surface area contributed by atoms with Gasteiger partial charge in [0.05, 0.1) is 35.4 Å². The smallest absolute Gasteiger partial charge is 0.273 e. The second kappa shape index (κ2) is 12.6. The average molecular weight is 604 g/mol. The minimum absolute atomic E-state index is 0.000146. The average Bonchev–Trinajstić information content (AvgIpc) is 3.45. The second-order valence-corrected chi connectivity index (χ2v) is 12.6. The number of carbonyl (C=O) groups excluding carboxylic acids is 1. The molecule has 0 saturated carbocycles. The van der Waals surface area contributed by atoms with Crippen LogP contribution < -0.4 is 10.9 Å². The van der Waals surface area contributed by atoms with Crippen LogP contribution in [-0.4, -0.2) is 80.8 Å². The molecule has 0 bridgehead atoms. The normalized spacial score (nSPS) is 17.9. The zero-order valence-electron chi connectivity index (χ0n) is 24.2. The number of likely N-dealkylation sites (tertiary alicyclic amines) is 1. The topological polar surface area (TPSA) is 131 Å². The van der Waals surface area contributed by atoms with Crippen LogP contribution in [0, 0.1) is 6.92 Å². The summed E-state index contributed by atoms with van der Waals surface area (Å²) in [6, 6.07) is 14.6. The Labute approximate surface area is 253 Å². The number of ether oxygens (including phenoxy) is 1. The Morgan fingerprint density at radius 3 is 2.77 bits per heavy atom. The maximum atomic E-state index is 13.0. The molecule has 10 nitrogen and oxygen atoms in total. The molecule has 2 aliphatic heterocycles. The molecule has 2 aromatic carbocycles. The van der Waals surface area contributed by atoms with E-state index in [9.17, 15) is 19.8 Å². The van der Waals surface area contributed by atoms with Crippen LogP contribution >= 0.6 is 11.3 Å². The molecule has 1 atom stereocenters. The third-order valence-corrected chi connectivity index (χ3v) is 9.24. The molecule has 0 unspecified atom stereocenters. The zero-order valence-corrected chi connectivity index (χ0v) is 25.0. The Hall–Kier alpha value is -3.61. The summed E-state index contributed by atoms with van der Waals surface area (Å²) in [6.07, 6.45) is 0.953. The van der Waals surface area contributed by atoms with E-state index in [1.807, 2.05) is 17.2 Å². The maximum absolute atomic E-state index is 13.0. The minimum atomic E-state index is -0.809. The quantitative estimate of drug-likeness (QED) is 0.241. The van der Waals surface area contributed by atoms with E-state index in [1.165, 1.54) is 29.0 Å². The Bertz CT molecular complexity index is 1660. The van der Waals surface area contributed by atoms with E-state index in [4.69, 9.17) is 4.74 Å². The number of aliphatic hydroxyl groups excluding tert-OH is 1. The lowest BCUT2D eigenvalue weighted by molar-refractivity contribution is -0.128. The molecule has 2 fully saturated rings. The number of thiazole rings is 1. The number of aromatic nitrogens is 2. The highest BCUT2D eigenvalue weighted by molar-refractivity contribution is 7.09. The van der Waals surface area contributed by atoms with Crippen LogP contribution in [0.4, 0.5) is 0 Å². The number of nitrogens with zero attached hydrogens (tertiary/aromatic N) is 3. The predicted octanol–water partition coefficient (Wildman–Crippen LogP) is 3.33. The number of rotatable bonds is 8. The van der Waals surface area contributed by atoms with Crippen molar-refractivity contribution < 1.29 is 19.7 Å². The predicted molar refractivity (Wildman–Crippen MR) is 165 cm³/mol. The number of amides is 1. The van der Waals surface area contributed by atoms with Crippen molar-refractivity contribution in [1.82, 2.24) is 25.1 Å². The van der Waals surface area contributed by atoms with Gasteiger partial charge in [-0.25, -0.2) is 4.98 Å². The fourth-order valence-corrected chi connectivity index (χ4v) is 6.76. The molecule has 1 amide bonds. The first kappa shape index (κ1) is 29.5. The first-order valence-corrected chi connectivity index (χ1v) is 15.6. The molecule has 0 aliphatic carbocycles. The van der Waals surface area contributed by atoms with E-state index in [2.05, 4.69) is 44.5 Å². The van der Waals surface area contributed by atoms with Crippen molar-refractivity contribution in [1.29, 1.82) is 0 Å². The monoisotopic (exact) mass is 603 g/mol. The first-order chi connectivity index (χ1) is 20.8. The van der Waals surface area contributed by atoms with Crippen molar-refractivity contribution >= 4 is 28.1 Å². The number of aliphatic hydroxyl groups is 1. The summed E-state index contributed by atoms with van der Waals surface area (Å²) in [5, 5.41) is 27.7. The summed E-state index contributed by atoms with van der Waals surface area (Å²) >= 11 is 1.50. The van der Waals surface area contributed by atoms with Gasteiger partial charge in [0, 0.05) is 56.1 Å². The number of pyridine rings is 1. The molecule has 2 saturated heterocycles. The summed E-state index contributed by atoms with van der Waals surface area (Å²) in [4.78, 5) is 36.1. The van der Waals surface area contributed by atoms with Crippen molar-refractivity contribution in [2.75, 3.05) is 39.3 Å². The largest absolute Gasteiger partial charge is 0.506 e. The molecule has 11 heteroatoms. The molecule has 1 spiro atoms. The third kappa shape index (κ3) is 6.66. The number of hydrogen-bond donors (Lipinski definition) is 4. The summed E-state index contributed by atoms with van der Waals surface area (Å²) in [7, 11) is 0. The lowest BCUT2D eigenvalue weighted by atomic mass is 9.89. The highest BCUT2D eigenvalue weighted by Crippen LogP contribution is 2.32. The van der Waals surface area contributed by atoms with Crippen LogP contribution in [0.1, 0.15) is 51.1 Å². The molecule has 4 aromatic rings. The van der Waals surface area contributed by atoms with Gasteiger partial charge in [0.1, 0.15) is 11.4 Å². The van der Waals surface area contributed by atoms with Gasteiger partial charge in [-0.15, -0.1) is 11.3 Å². The van der Waals surface area contributed by atoms with Crippen LogP contribution in [0.15, 0.2) is 58.7 Å². The summed E-state index contributed by atoms with van der Waals surface area (Å²) in [6.45, 7) is 7.24. The SMILES string of the molecule is Cc1nc(C(=O)N2CCOC3(CCN(Cc4cccc(CNC[C@H](O)c5ccc(O)c6[nH]c(=O)ccc56)c4)CC3)C2)cs1. The first-order valence-electron chi connectivity index (χ1n) is 14.7. The number of H-pyrrole nitrogens is 1. The molecule has 6 rings (SSSR count). The van der Waals surface area contributed by atoms with Crippen LogP contribution in [0.5, 0.6) is 5.75 Å². The van der Waals surface area contributed by atoms with Crippen LogP contribution in [0.25, 0.3) is 10.9 Å². The number of aromatic hydroxyl groups is 1. The molecular weight excluding hydrogens is 566 g/mol.